The van der Waals surface area contributed by atoms with Gasteiger partial charge in [0.1, 0.15) is 0 Å². The van der Waals surface area contributed by atoms with Crippen LogP contribution in [0.4, 0.5) is 17.1 Å². The quantitative estimate of drug-likeness (QED) is 0.692. The van der Waals surface area contributed by atoms with Crippen LogP contribution < -0.4 is 15.4 Å². The second-order valence-electron chi connectivity index (χ2n) is 5.71. The van der Waals surface area contributed by atoms with Crippen molar-refractivity contribution < 1.29 is 18.0 Å². The predicted octanol–water partition coefficient (Wildman–Crippen LogP) is 3.05. The molecule has 0 heterocycles. The smallest absolute Gasteiger partial charge is 0.255 e. The summed E-state index contributed by atoms with van der Waals surface area (Å²) in [6.45, 7) is 3.18. The normalized spacial score (nSPS) is 10.8. The van der Waals surface area contributed by atoms with Crippen LogP contribution in [-0.2, 0) is 14.8 Å². The maximum atomic E-state index is 12.3. The van der Waals surface area contributed by atoms with Gasteiger partial charge in [-0.05, 0) is 48.9 Å². The molecular weight excluding hydrogens is 354 g/mol. The Bertz CT molecular complexity index is 893. The highest BCUT2D eigenvalue weighted by atomic mass is 32.2. The predicted molar refractivity (Wildman–Crippen MR) is 103 cm³/mol. The highest BCUT2D eigenvalue weighted by Gasteiger charge is 2.10. The van der Waals surface area contributed by atoms with Crippen molar-refractivity contribution >= 4 is 38.9 Å². The molecule has 0 bridgehead atoms. The molecule has 0 aliphatic rings. The zero-order valence-electron chi connectivity index (χ0n) is 14.6. The molecule has 2 aromatic carbocycles. The fraction of sp³-hybridized carbons (Fsp3) is 0.222. The number of sulfonamides is 1. The molecule has 0 unspecified atom stereocenters. The van der Waals surface area contributed by atoms with Crippen molar-refractivity contribution in [3.63, 3.8) is 0 Å². The molecule has 0 spiro atoms. The van der Waals surface area contributed by atoms with E-state index in [0.29, 0.717) is 29.0 Å². The lowest BCUT2D eigenvalue weighted by molar-refractivity contribution is -0.114. The van der Waals surface area contributed by atoms with Crippen LogP contribution >= 0.6 is 0 Å². The average Bonchev–Trinajstić information content (AvgIpc) is 2.56. The summed E-state index contributed by atoms with van der Waals surface area (Å²) in [7, 11) is -3.35. The topological polar surface area (TPSA) is 104 Å². The van der Waals surface area contributed by atoms with E-state index in [-0.39, 0.29) is 17.6 Å². The average molecular weight is 375 g/mol. The maximum Gasteiger partial charge on any atom is 0.255 e. The lowest BCUT2D eigenvalue weighted by Gasteiger charge is -2.10. The monoisotopic (exact) mass is 375 g/mol. The third kappa shape index (κ3) is 5.89. The van der Waals surface area contributed by atoms with Gasteiger partial charge >= 0.3 is 0 Å². The number of amides is 2. The number of carbonyl (C=O) groups is 2. The first-order chi connectivity index (χ1) is 12.3. The largest absolute Gasteiger partial charge is 0.326 e. The number of carbonyl (C=O) groups excluding carboxylic acids is 2. The zero-order valence-corrected chi connectivity index (χ0v) is 15.4. The van der Waals surface area contributed by atoms with E-state index >= 15 is 0 Å². The molecule has 0 atom stereocenters. The summed E-state index contributed by atoms with van der Waals surface area (Å²) in [5, 5.41) is 5.34. The van der Waals surface area contributed by atoms with Gasteiger partial charge in [0, 0.05) is 29.5 Å². The number of benzene rings is 2. The van der Waals surface area contributed by atoms with E-state index in [0.717, 1.165) is 0 Å². The van der Waals surface area contributed by atoms with Crippen LogP contribution in [-0.4, -0.2) is 26.0 Å². The van der Waals surface area contributed by atoms with E-state index < -0.39 is 10.0 Å². The highest BCUT2D eigenvalue weighted by molar-refractivity contribution is 7.92. The lowest BCUT2D eigenvalue weighted by Crippen LogP contribution is -2.16. The molecule has 0 saturated heterocycles. The van der Waals surface area contributed by atoms with E-state index in [2.05, 4.69) is 15.4 Å². The number of hydrogen-bond donors (Lipinski definition) is 3. The summed E-state index contributed by atoms with van der Waals surface area (Å²) < 4.78 is 26.0. The zero-order chi connectivity index (χ0) is 19.2. The van der Waals surface area contributed by atoms with Crippen LogP contribution in [0.2, 0.25) is 0 Å². The standard InChI is InChI=1S/C18H21N3O4S/c1-3-11-26(24,25)21-16-9-7-15(8-10-16)20-18(23)14-5-4-6-17(12-14)19-13(2)22/h4-10,12,21H,3,11H2,1-2H3,(H,19,22)(H,20,23). The molecule has 8 heteroatoms. The molecule has 7 nitrogen and oxygen atoms in total. The van der Waals surface area contributed by atoms with Crippen molar-refractivity contribution in [1.29, 1.82) is 0 Å². The Morgan fingerprint density at radius 1 is 0.923 bits per heavy atom. The van der Waals surface area contributed by atoms with Crippen molar-refractivity contribution in [2.45, 2.75) is 20.3 Å². The molecule has 3 N–H and O–H groups in total. The van der Waals surface area contributed by atoms with E-state index in [1.165, 1.54) is 6.92 Å². The maximum absolute atomic E-state index is 12.3. The third-order valence-corrected chi connectivity index (χ3v) is 4.83. The summed E-state index contributed by atoms with van der Waals surface area (Å²) in [4.78, 5) is 23.4. The Morgan fingerprint density at radius 3 is 2.19 bits per heavy atom. The minimum Gasteiger partial charge on any atom is -0.326 e. The summed E-state index contributed by atoms with van der Waals surface area (Å²) in [5.41, 5.74) is 1.89. The van der Waals surface area contributed by atoms with Gasteiger partial charge in [-0.2, -0.15) is 0 Å². The van der Waals surface area contributed by atoms with Crippen LogP contribution in [0.5, 0.6) is 0 Å². The number of rotatable bonds is 7. The second-order valence-corrected chi connectivity index (χ2v) is 7.56. The molecule has 2 rings (SSSR count). The summed E-state index contributed by atoms with van der Waals surface area (Å²) in [6.07, 6.45) is 0.529. The number of nitrogens with one attached hydrogen (secondary N) is 3. The lowest BCUT2D eigenvalue weighted by atomic mass is 10.2. The fourth-order valence-electron chi connectivity index (χ4n) is 2.27. The molecule has 0 saturated carbocycles. The highest BCUT2D eigenvalue weighted by Crippen LogP contribution is 2.17. The Hall–Kier alpha value is -2.87. The van der Waals surface area contributed by atoms with Gasteiger partial charge in [-0.25, -0.2) is 8.42 Å². The first kappa shape index (κ1) is 19.5. The minimum atomic E-state index is -3.35. The van der Waals surface area contributed by atoms with Crippen molar-refractivity contribution in [1.82, 2.24) is 0 Å². The summed E-state index contributed by atoms with van der Waals surface area (Å²) in [6, 6.07) is 12.9. The van der Waals surface area contributed by atoms with E-state index in [4.69, 9.17) is 0 Å². The Kier molecular flexibility index (Phi) is 6.35. The van der Waals surface area contributed by atoms with Gasteiger partial charge in [0.25, 0.3) is 5.91 Å². The summed E-state index contributed by atoms with van der Waals surface area (Å²) >= 11 is 0. The molecule has 0 aliphatic carbocycles. The molecule has 0 aliphatic heterocycles. The molecule has 0 aromatic heterocycles. The molecule has 2 aromatic rings. The van der Waals surface area contributed by atoms with Crippen molar-refractivity contribution in [2.75, 3.05) is 21.1 Å². The summed E-state index contributed by atoms with van der Waals surface area (Å²) in [5.74, 6) is -0.504. The van der Waals surface area contributed by atoms with Gasteiger partial charge in [-0.1, -0.05) is 13.0 Å². The Labute approximate surface area is 152 Å². The molecule has 26 heavy (non-hydrogen) atoms. The van der Waals surface area contributed by atoms with Crippen LogP contribution in [0, 0.1) is 0 Å². The number of hydrogen-bond acceptors (Lipinski definition) is 4. The van der Waals surface area contributed by atoms with Gasteiger partial charge in [0.15, 0.2) is 0 Å². The molecular formula is C18H21N3O4S. The minimum absolute atomic E-state index is 0.0517. The Balaban J connectivity index is 2.04. The molecule has 0 radical (unpaired) electrons. The third-order valence-electron chi connectivity index (χ3n) is 3.33. The van der Waals surface area contributed by atoms with Crippen LogP contribution in [0.1, 0.15) is 30.6 Å². The first-order valence-corrected chi connectivity index (χ1v) is 9.74. The molecule has 138 valence electrons. The second kappa shape index (κ2) is 8.48. The van der Waals surface area contributed by atoms with E-state index in [9.17, 15) is 18.0 Å². The van der Waals surface area contributed by atoms with Crippen LogP contribution in [0.3, 0.4) is 0 Å². The van der Waals surface area contributed by atoms with E-state index in [1.807, 2.05) is 0 Å². The van der Waals surface area contributed by atoms with E-state index in [1.54, 1.807) is 55.5 Å². The van der Waals surface area contributed by atoms with Gasteiger partial charge < -0.3 is 10.6 Å². The number of anilines is 3. The fourth-order valence-corrected chi connectivity index (χ4v) is 3.40. The Morgan fingerprint density at radius 2 is 1.58 bits per heavy atom. The van der Waals surface area contributed by atoms with Gasteiger partial charge in [0.05, 0.1) is 5.75 Å². The van der Waals surface area contributed by atoms with Gasteiger partial charge in [-0.15, -0.1) is 0 Å². The van der Waals surface area contributed by atoms with Crippen molar-refractivity contribution in [2.24, 2.45) is 0 Å². The van der Waals surface area contributed by atoms with Gasteiger partial charge in [-0.3, -0.25) is 14.3 Å². The van der Waals surface area contributed by atoms with Crippen molar-refractivity contribution in [3.8, 4) is 0 Å². The van der Waals surface area contributed by atoms with Crippen LogP contribution in [0.15, 0.2) is 48.5 Å². The van der Waals surface area contributed by atoms with Crippen LogP contribution in [0.25, 0.3) is 0 Å². The SMILES string of the molecule is CCCS(=O)(=O)Nc1ccc(NC(=O)c2cccc(NC(C)=O)c2)cc1. The van der Waals surface area contributed by atoms with Crippen molar-refractivity contribution in [3.05, 3.63) is 54.1 Å². The molecule has 0 fully saturated rings. The first-order valence-electron chi connectivity index (χ1n) is 8.08. The van der Waals surface area contributed by atoms with Gasteiger partial charge in [0.2, 0.25) is 15.9 Å². The molecule has 2 amide bonds.